The number of rotatable bonds is 3. The van der Waals surface area contributed by atoms with E-state index in [2.05, 4.69) is 43.7 Å². The smallest absolute Gasteiger partial charge is 0.113 e. The maximum atomic E-state index is 9.76. The average molecular weight is 309 g/mol. The molecule has 0 aromatic carbocycles. The van der Waals surface area contributed by atoms with Gasteiger partial charge in [-0.1, -0.05) is 44.4 Å². The average Bonchev–Trinajstić information content (AvgIpc) is 2.53. The summed E-state index contributed by atoms with van der Waals surface area (Å²) in [5, 5.41) is 9.76. The van der Waals surface area contributed by atoms with E-state index in [1.54, 1.807) is 6.20 Å². The van der Waals surface area contributed by atoms with Crippen LogP contribution in [-0.4, -0.2) is 10.1 Å². The molecule has 1 unspecified atom stereocenters. The molecule has 2 heteroatoms. The highest BCUT2D eigenvalue weighted by atomic mass is 16.3. The van der Waals surface area contributed by atoms with E-state index < -0.39 is 6.10 Å². The molecule has 122 valence electrons. The Hall–Kier alpha value is -1.85. The predicted octanol–water partition coefficient (Wildman–Crippen LogP) is 4.96. The first kappa shape index (κ1) is 17.5. The third-order valence-corrected chi connectivity index (χ3v) is 4.63. The highest BCUT2D eigenvalue weighted by Crippen LogP contribution is 2.40. The van der Waals surface area contributed by atoms with Gasteiger partial charge < -0.3 is 5.11 Å². The van der Waals surface area contributed by atoms with Gasteiger partial charge in [0.2, 0.25) is 0 Å². The van der Waals surface area contributed by atoms with Crippen LogP contribution in [0.5, 0.6) is 0 Å². The highest BCUT2D eigenvalue weighted by molar-refractivity contribution is 5.38. The maximum absolute atomic E-state index is 9.76. The lowest BCUT2D eigenvalue weighted by molar-refractivity contribution is 0.173. The lowest BCUT2D eigenvalue weighted by atomic mass is 9.73. The lowest BCUT2D eigenvalue weighted by Gasteiger charge is -2.32. The van der Waals surface area contributed by atoms with Gasteiger partial charge in [0.1, 0.15) is 5.69 Å². The summed E-state index contributed by atoms with van der Waals surface area (Å²) in [7, 11) is 0. The van der Waals surface area contributed by atoms with Gasteiger partial charge >= 0.3 is 0 Å². The Labute approximate surface area is 140 Å². The summed E-state index contributed by atoms with van der Waals surface area (Å²) < 4.78 is 0. The van der Waals surface area contributed by atoms with Gasteiger partial charge in [-0.15, -0.1) is 0 Å². The Morgan fingerprint density at radius 3 is 2.78 bits per heavy atom. The number of hydrogen-bond donors (Lipinski definition) is 1. The van der Waals surface area contributed by atoms with Crippen molar-refractivity contribution in [1.82, 2.24) is 4.98 Å². The van der Waals surface area contributed by atoms with Crippen molar-refractivity contribution in [3.8, 4) is 11.8 Å². The van der Waals surface area contributed by atoms with E-state index >= 15 is 0 Å². The van der Waals surface area contributed by atoms with Crippen LogP contribution in [0.4, 0.5) is 0 Å². The van der Waals surface area contributed by atoms with Crippen LogP contribution in [0.15, 0.2) is 41.6 Å². The summed E-state index contributed by atoms with van der Waals surface area (Å²) in [6, 6.07) is 3.76. The van der Waals surface area contributed by atoms with Crippen LogP contribution in [-0.2, 0) is 0 Å². The molecule has 1 aliphatic rings. The molecule has 1 aliphatic carbocycles. The van der Waals surface area contributed by atoms with Crippen LogP contribution >= 0.6 is 0 Å². The zero-order valence-corrected chi connectivity index (χ0v) is 14.7. The van der Waals surface area contributed by atoms with Crippen LogP contribution in [0, 0.1) is 17.3 Å². The molecular formula is C21H27NO. The molecule has 0 bridgehead atoms. The van der Waals surface area contributed by atoms with Crippen molar-refractivity contribution in [2.45, 2.75) is 59.5 Å². The van der Waals surface area contributed by atoms with Crippen LogP contribution in [0.1, 0.15) is 70.7 Å². The van der Waals surface area contributed by atoms with Crippen LogP contribution in [0.3, 0.4) is 0 Å². The zero-order chi connectivity index (χ0) is 16.9. The first-order valence-electron chi connectivity index (χ1n) is 8.46. The van der Waals surface area contributed by atoms with Crippen molar-refractivity contribution < 1.29 is 5.11 Å². The standard InChI is InChI=1S/C21H27NO/c1-5-20(23)17-12-13-18(22-15-17)10-6-7-11-19-16(2)9-8-14-21(19,3)4/h7,11-13,15,20,23H,5,8-9,14H2,1-4H3. The van der Waals surface area contributed by atoms with Crippen LogP contribution in [0.2, 0.25) is 0 Å². The molecular weight excluding hydrogens is 282 g/mol. The van der Waals surface area contributed by atoms with Gasteiger partial charge in [0.25, 0.3) is 0 Å². The van der Waals surface area contributed by atoms with Gasteiger partial charge in [0.15, 0.2) is 0 Å². The molecule has 1 aromatic rings. The first-order chi connectivity index (χ1) is 10.9. The maximum Gasteiger partial charge on any atom is 0.113 e. The van der Waals surface area contributed by atoms with E-state index in [0.29, 0.717) is 6.42 Å². The first-order valence-corrected chi connectivity index (χ1v) is 8.46. The molecule has 1 heterocycles. The number of nitrogens with zero attached hydrogens (tertiary/aromatic N) is 1. The van der Waals surface area contributed by atoms with Crippen molar-refractivity contribution in [1.29, 1.82) is 0 Å². The molecule has 0 saturated carbocycles. The number of pyridine rings is 1. The number of aliphatic hydroxyl groups excluding tert-OH is 1. The van der Waals surface area contributed by atoms with Crippen molar-refractivity contribution in [2.75, 3.05) is 0 Å². The third-order valence-electron chi connectivity index (χ3n) is 4.63. The van der Waals surface area contributed by atoms with E-state index in [1.165, 1.54) is 30.4 Å². The molecule has 0 amide bonds. The fraction of sp³-hybridized carbons (Fsp3) is 0.476. The summed E-state index contributed by atoms with van der Waals surface area (Å²) in [6.45, 7) is 8.80. The molecule has 1 N–H and O–H groups in total. The number of aromatic nitrogens is 1. The minimum absolute atomic E-state index is 0.247. The van der Waals surface area contributed by atoms with E-state index in [0.717, 1.165) is 11.3 Å². The summed E-state index contributed by atoms with van der Waals surface area (Å²) in [5.41, 5.74) is 4.73. The van der Waals surface area contributed by atoms with Crippen molar-refractivity contribution in [3.63, 3.8) is 0 Å². The molecule has 0 saturated heterocycles. The summed E-state index contributed by atoms with van der Waals surface area (Å²) in [5.74, 6) is 6.14. The van der Waals surface area contributed by atoms with Gasteiger partial charge in [-0.3, -0.25) is 0 Å². The second kappa shape index (κ2) is 7.62. The Kier molecular flexibility index (Phi) is 5.80. The summed E-state index contributed by atoms with van der Waals surface area (Å²) in [6.07, 6.45) is 9.77. The summed E-state index contributed by atoms with van der Waals surface area (Å²) >= 11 is 0. The van der Waals surface area contributed by atoms with E-state index in [9.17, 15) is 5.11 Å². The molecule has 0 fully saturated rings. The lowest BCUT2D eigenvalue weighted by Crippen LogP contribution is -2.18. The van der Waals surface area contributed by atoms with Crippen LogP contribution in [0.25, 0.3) is 0 Å². The Balaban J connectivity index is 2.08. The van der Waals surface area contributed by atoms with E-state index in [-0.39, 0.29) is 5.41 Å². The SMILES string of the molecule is CCC(O)c1ccc(C#CC=CC2=C(C)CCCC2(C)C)nc1. The molecule has 2 rings (SSSR count). The number of allylic oxidation sites excluding steroid dienone is 4. The fourth-order valence-electron chi connectivity index (χ4n) is 3.16. The summed E-state index contributed by atoms with van der Waals surface area (Å²) in [4.78, 5) is 4.30. The second-order valence-electron chi connectivity index (χ2n) is 6.93. The normalized spacial score (nSPS) is 18.7. The number of aliphatic hydroxyl groups is 1. The topological polar surface area (TPSA) is 33.1 Å². The third kappa shape index (κ3) is 4.56. The highest BCUT2D eigenvalue weighted by Gasteiger charge is 2.26. The van der Waals surface area contributed by atoms with Gasteiger partial charge in [0.05, 0.1) is 6.10 Å². The molecule has 23 heavy (non-hydrogen) atoms. The zero-order valence-electron chi connectivity index (χ0n) is 14.7. The minimum Gasteiger partial charge on any atom is -0.388 e. The minimum atomic E-state index is -0.437. The molecule has 0 aliphatic heterocycles. The monoisotopic (exact) mass is 309 g/mol. The Morgan fingerprint density at radius 2 is 2.17 bits per heavy atom. The number of hydrogen-bond acceptors (Lipinski definition) is 2. The largest absolute Gasteiger partial charge is 0.388 e. The molecule has 1 atom stereocenters. The predicted molar refractivity (Wildman–Crippen MR) is 95.8 cm³/mol. The quantitative estimate of drug-likeness (QED) is 0.801. The van der Waals surface area contributed by atoms with Crippen molar-refractivity contribution >= 4 is 0 Å². The second-order valence-corrected chi connectivity index (χ2v) is 6.93. The van der Waals surface area contributed by atoms with Gasteiger partial charge in [-0.25, -0.2) is 4.98 Å². The Morgan fingerprint density at radius 1 is 1.39 bits per heavy atom. The van der Waals surface area contributed by atoms with Gasteiger partial charge in [-0.05, 0) is 67.2 Å². The van der Waals surface area contributed by atoms with E-state index in [4.69, 9.17) is 0 Å². The van der Waals surface area contributed by atoms with E-state index in [1.807, 2.05) is 25.1 Å². The molecule has 2 nitrogen and oxygen atoms in total. The van der Waals surface area contributed by atoms with Gasteiger partial charge in [-0.2, -0.15) is 0 Å². The van der Waals surface area contributed by atoms with Crippen LogP contribution < -0.4 is 0 Å². The molecule has 0 spiro atoms. The molecule has 0 radical (unpaired) electrons. The van der Waals surface area contributed by atoms with Crippen molar-refractivity contribution in [2.24, 2.45) is 5.41 Å². The fourth-order valence-corrected chi connectivity index (χ4v) is 3.16. The Bertz CT molecular complexity index is 653. The van der Waals surface area contributed by atoms with Gasteiger partial charge in [0, 0.05) is 6.20 Å². The van der Waals surface area contributed by atoms with Crippen molar-refractivity contribution in [3.05, 3.63) is 52.9 Å². The molecule has 1 aromatic heterocycles.